The summed E-state index contributed by atoms with van der Waals surface area (Å²) in [4.78, 5) is 12.2. The molecule has 0 saturated carbocycles. The lowest BCUT2D eigenvalue weighted by molar-refractivity contribution is -0.120. The summed E-state index contributed by atoms with van der Waals surface area (Å²) < 4.78 is 11.1. The average Bonchev–Trinajstić information content (AvgIpc) is 2.73. The fourth-order valence-electron chi connectivity index (χ4n) is 2.86. The molecule has 0 saturated heterocycles. The van der Waals surface area contributed by atoms with Gasteiger partial charge in [-0.3, -0.25) is 4.79 Å². The van der Waals surface area contributed by atoms with Gasteiger partial charge in [0.2, 0.25) is 5.91 Å². The number of methoxy groups -OCH3 is 1. The summed E-state index contributed by atoms with van der Waals surface area (Å²) in [6, 6.07) is 23.7. The number of hydrogen-bond acceptors (Lipinski definition) is 3. The van der Waals surface area contributed by atoms with E-state index in [-0.39, 0.29) is 5.91 Å². The largest absolute Gasteiger partial charge is 0.496 e. The fraction of sp³-hybridized carbons (Fsp3) is 0.208. The molecule has 0 fully saturated rings. The van der Waals surface area contributed by atoms with Crippen molar-refractivity contribution in [3.63, 3.8) is 0 Å². The zero-order valence-electron chi connectivity index (χ0n) is 16.3. The normalized spacial score (nSPS) is 10.4. The molecule has 0 heterocycles. The molecule has 1 amide bonds. The predicted molar refractivity (Wildman–Crippen MR) is 110 cm³/mol. The Morgan fingerprint density at radius 1 is 0.893 bits per heavy atom. The van der Waals surface area contributed by atoms with Gasteiger partial charge in [-0.25, -0.2) is 0 Å². The summed E-state index contributed by atoms with van der Waals surface area (Å²) in [6.07, 6.45) is 0.333. The third kappa shape index (κ3) is 5.61. The molecule has 0 aliphatic rings. The first-order valence-corrected chi connectivity index (χ1v) is 9.30. The van der Waals surface area contributed by atoms with Gasteiger partial charge in [0.05, 0.1) is 13.5 Å². The minimum absolute atomic E-state index is 0.0117. The first-order valence-electron chi connectivity index (χ1n) is 9.30. The van der Waals surface area contributed by atoms with Crippen molar-refractivity contribution >= 4 is 5.91 Å². The Bertz CT molecular complexity index is 905. The van der Waals surface area contributed by atoms with Crippen molar-refractivity contribution in [2.75, 3.05) is 7.11 Å². The van der Waals surface area contributed by atoms with E-state index in [0.29, 0.717) is 19.6 Å². The van der Waals surface area contributed by atoms with Crippen LogP contribution in [0.2, 0.25) is 0 Å². The monoisotopic (exact) mass is 375 g/mol. The molecular formula is C24H25NO3. The second kappa shape index (κ2) is 9.60. The van der Waals surface area contributed by atoms with Crippen LogP contribution in [0.4, 0.5) is 0 Å². The second-order valence-corrected chi connectivity index (χ2v) is 6.68. The number of carbonyl (C=O) groups excluding carboxylic acids is 1. The van der Waals surface area contributed by atoms with Crippen LogP contribution in [0.15, 0.2) is 72.8 Å². The number of benzene rings is 3. The topological polar surface area (TPSA) is 47.6 Å². The van der Waals surface area contributed by atoms with Gasteiger partial charge in [0.15, 0.2) is 0 Å². The molecule has 3 rings (SSSR count). The Hall–Kier alpha value is -3.27. The quantitative estimate of drug-likeness (QED) is 0.633. The fourth-order valence-corrected chi connectivity index (χ4v) is 2.86. The summed E-state index contributed by atoms with van der Waals surface area (Å²) in [7, 11) is 1.64. The van der Waals surface area contributed by atoms with Gasteiger partial charge in [0.25, 0.3) is 0 Å². The van der Waals surface area contributed by atoms with E-state index >= 15 is 0 Å². The molecule has 1 N–H and O–H groups in total. The molecule has 0 aliphatic heterocycles. The van der Waals surface area contributed by atoms with Crippen LogP contribution >= 0.6 is 0 Å². The number of nitrogens with one attached hydrogen (secondary N) is 1. The molecule has 28 heavy (non-hydrogen) atoms. The first-order chi connectivity index (χ1) is 13.6. The molecule has 0 atom stereocenters. The summed E-state index contributed by atoms with van der Waals surface area (Å²) in [5, 5.41) is 2.97. The Morgan fingerprint density at radius 2 is 1.57 bits per heavy atom. The lowest BCUT2D eigenvalue weighted by Gasteiger charge is -2.09. The van der Waals surface area contributed by atoms with Crippen LogP contribution in [-0.4, -0.2) is 13.0 Å². The smallest absolute Gasteiger partial charge is 0.224 e. The molecule has 4 nitrogen and oxygen atoms in total. The van der Waals surface area contributed by atoms with Crippen LogP contribution in [0.1, 0.15) is 22.3 Å². The zero-order valence-corrected chi connectivity index (χ0v) is 16.3. The number of aryl methyl sites for hydroxylation is 1. The van der Waals surface area contributed by atoms with E-state index in [1.165, 1.54) is 0 Å². The van der Waals surface area contributed by atoms with Gasteiger partial charge < -0.3 is 14.8 Å². The molecule has 0 spiro atoms. The van der Waals surface area contributed by atoms with E-state index in [0.717, 1.165) is 33.8 Å². The van der Waals surface area contributed by atoms with Crippen LogP contribution in [0.5, 0.6) is 11.5 Å². The van der Waals surface area contributed by atoms with Crippen molar-refractivity contribution < 1.29 is 14.3 Å². The maximum Gasteiger partial charge on any atom is 0.224 e. The number of amides is 1. The van der Waals surface area contributed by atoms with Crippen LogP contribution in [0.3, 0.4) is 0 Å². The van der Waals surface area contributed by atoms with E-state index in [1.54, 1.807) is 7.11 Å². The summed E-state index contributed by atoms with van der Waals surface area (Å²) >= 11 is 0. The maximum atomic E-state index is 12.2. The SMILES string of the molecule is COc1cc(CC(=O)NCc2ccc(COc3ccccc3)cc2)ccc1C. The molecule has 3 aromatic rings. The van der Waals surface area contributed by atoms with Crippen LogP contribution < -0.4 is 14.8 Å². The van der Waals surface area contributed by atoms with E-state index in [9.17, 15) is 4.79 Å². The van der Waals surface area contributed by atoms with Crippen molar-refractivity contribution in [2.24, 2.45) is 0 Å². The molecule has 0 aliphatic carbocycles. The highest BCUT2D eigenvalue weighted by atomic mass is 16.5. The average molecular weight is 375 g/mol. The van der Waals surface area contributed by atoms with E-state index in [4.69, 9.17) is 9.47 Å². The Morgan fingerprint density at radius 3 is 2.29 bits per heavy atom. The first kappa shape index (κ1) is 19.5. The lowest BCUT2D eigenvalue weighted by atomic mass is 10.1. The maximum absolute atomic E-state index is 12.2. The molecule has 4 heteroatoms. The minimum atomic E-state index is -0.0117. The summed E-state index contributed by atoms with van der Waals surface area (Å²) in [5.41, 5.74) is 4.14. The molecule has 0 radical (unpaired) electrons. The molecular weight excluding hydrogens is 350 g/mol. The Balaban J connectivity index is 1.47. The molecule has 3 aromatic carbocycles. The number of para-hydroxylation sites is 1. The molecule has 0 bridgehead atoms. The van der Waals surface area contributed by atoms with Gasteiger partial charge in [-0.05, 0) is 47.4 Å². The van der Waals surface area contributed by atoms with Crippen molar-refractivity contribution in [2.45, 2.75) is 26.5 Å². The van der Waals surface area contributed by atoms with Gasteiger partial charge in [-0.15, -0.1) is 0 Å². The highest BCUT2D eigenvalue weighted by Crippen LogP contribution is 2.19. The number of ether oxygens (including phenoxy) is 2. The highest BCUT2D eigenvalue weighted by molar-refractivity contribution is 5.78. The number of rotatable bonds is 8. The molecule has 144 valence electrons. The second-order valence-electron chi connectivity index (χ2n) is 6.68. The van der Waals surface area contributed by atoms with Crippen LogP contribution in [0.25, 0.3) is 0 Å². The van der Waals surface area contributed by atoms with Crippen molar-refractivity contribution in [3.05, 3.63) is 95.1 Å². The number of hydrogen-bond donors (Lipinski definition) is 1. The molecule has 0 aromatic heterocycles. The number of carbonyl (C=O) groups is 1. The third-order valence-electron chi connectivity index (χ3n) is 4.50. The summed E-state index contributed by atoms with van der Waals surface area (Å²) in [5.74, 6) is 1.65. The van der Waals surface area contributed by atoms with Gasteiger partial charge in [0, 0.05) is 6.54 Å². The highest BCUT2D eigenvalue weighted by Gasteiger charge is 2.06. The Labute approximate surface area is 166 Å². The third-order valence-corrected chi connectivity index (χ3v) is 4.50. The predicted octanol–water partition coefficient (Wildman–Crippen LogP) is 4.44. The van der Waals surface area contributed by atoms with E-state index in [2.05, 4.69) is 5.32 Å². The molecule has 0 unspecified atom stereocenters. The van der Waals surface area contributed by atoms with Crippen LogP contribution in [-0.2, 0) is 24.4 Å². The van der Waals surface area contributed by atoms with Gasteiger partial charge in [-0.2, -0.15) is 0 Å². The minimum Gasteiger partial charge on any atom is -0.496 e. The van der Waals surface area contributed by atoms with Gasteiger partial charge >= 0.3 is 0 Å². The van der Waals surface area contributed by atoms with Crippen molar-refractivity contribution in [1.29, 1.82) is 0 Å². The van der Waals surface area contributed by atoms with Gasteiger partial charge in [0.1, 0.15) is 18.1 Å². The van der Waals surface area contributed by atoms with Crippen molar-refractivity contribution in [1.82, 2.24) is 5.32 Å². The van der Waals surface area contributed by atoms with E-state index in [1.807, 2.05) is 79.7 Å². The standard InChI is InChI=1S/C24H25NO3/c1-18-8-9-21(14-23(18)27-2)15-24(26)25-16-19-10-12-20(13-11-19)17-28-22-6-4-3-5-7-22/h3-14H,15-17H2,1-2H3,(H,25,26). The van der Waals surface area contributed by atoms with Gasteiger partial charge in [-0.1, -0.05) is 54.6 Å². The van der Waals surface area contributed by atoms with E-state index < -0.39 is 0 Å². The van der Waals surface area contributed by atoms with Crippen LogP contribution in [0, 0.1) is 6.92 Å². The Kier molecular flexibility index (Phi) is 6.68. The summed E-state index contributed by atoms with van der Waals surface area (Å²) in [6.45, 7) is 3.00. The lowest BCUT2D eigenvalue weighted by Crippen LogP contribution is -2.24. The zero-order chi connectivity index (χ0) is 19.8. The van der Waals surface area contributed by atoms with Crippen molar-refractivity contribution in [3.8, 4) is 11.5 Å².